The zero-order valence-corrected chi connectivity index (χ0v) is 18.7. The van der Waals surface area contributed by atoms with Crippen molar-refractivity contribution in [3.05, 3.63) is 94.5 Å². The Hall–Kier alpha value is -3.16. The van der Waals surface area contributed by atoms with Crippen LogP contribution in [0.5, 0.6) is 0 Å². The number of anilines is 2. The van der Waals surface area contributed by atoms with Crippen molar-refractivity contribution in [2.24, 2.45) is 0 Å². The highest BCUT2D eigenvalue weighted by Gasteiger charge is 2.69. The summed E-state index contributed by atoms with van der Waals surface area (Å²) in [7, 11) is -4.20. The van der Waals surface area contributed by atoms with Crippen molar-refractivity contribution < 1.29 is 18.0 Å². The Balaban J connectivity index is 1.76. The monoisotopic (exact) mass is 466 g/mol. The molecule has 162 valence electrons. The van der Waals surface area contributed by atoms with Crippen LogP contribution < -0.4 is 9.80 Å². The van der Waals surface area contributed by atoms with Gasteiger partial charge in [0.15, 0.2) is 9.84 Å². The molecule has 2 aliphatic heterocycles. The molecule has 0 radical (unpaired) electrons. The smallest absolute Gasteiger partial charge is 0.274 e. The largest absolute Gasteiger partial charge is 0.304 e. The maximum absolute atomic E-state index is 14.1. The molecule has 0 aromatic heterocycles. The SMILES string of the molecule is Cc1ccccc1CN1C(=O)C2(c3ccccc31)N(c1cccc(Cl)c1)C(=O)CS2(=O)=O. The Kier molecular flexibility index (Phi) is 4.65. The number of sulfone groups is 1. The van der Waals surface area contributed by atoms with Crippen LogP contribution in [-0.2, 0) is 30.8 Å². The highest BCUT2D eigenvalue weighted by atomic mass is 35.5. The molecule has 1 unspecified atom stereocenters. The Labute approximate surface area is 190 Å². The number of fused-ring (bicyclic) bond motifs is 2. The van der Waals surface area contributed by atoms with Gasteiger partial charge in [-0.25, -0.2) is 8.42 Å². The Morgan fingerprint density at radius 2 is 1.69 bits per heavy atom. The van der Waals surface area contributed by atoms with E-state index >= 15 is 0 Å². The maximum Gasteiger partial charge on any atom is 0.274 e. The van der Waals surface area contributed by atoms with Crippen molar-refractivity contribution in [2.75, 3.05) is 15.6 Å². The first-order valence-electron chi connectivity index (χ1n) is 10.0. The number of para-hydroxylation sites is 1. The summed E-state index contributed by atoms with van der Waals surface area (Å²) in [5.74, 6) is -2.07. The number of benzene rings is 3. The van der Waals surface area contributed by atoms with Crippen LogP contribution in [0.4, 0.5) is 11.4 Å². The van der Waals surface area contributed by atoms with Gasteiger partial charge in [-0.15, -0.1) is 0 Å². The third kappa shape index (κ3) is 2.74. The minimum Gasteiger partial charge on any atom is -0.304 e. The van der Waals surface area contributed by atoms with Crippen LogP contribution >= 0.6 is 11.6 Å². The van der Waals surface area contributed by atoms with Crippen LogP contribution in [-0.4, -0.2) is 26.0 Å². The van der Waals surface area contributed by atoms with Crippen molar-refractivity contribution >= 4 is 44.6 Å². The van der Waals surface area contributed by atoms with E-state index in [1.165, 1.54) is 11.0 Å². The second-order valence-electron chi connectivity index (χ2n) is 7.95. The normalized spacial score (nSPS) is 21.4. The average molecular weight is 467 g/mol. The Bertz CT molecular complexity index is 1390. The predicted octanol–water partition coefficient (Wildman–Crippen LogP) is 3.81. The summed E-state index contributed by atoms with van der Waals surface area (Å²) >= 11 is 6.14. The molecule has 0 aliphatic carbocycles. The van der Waals surface area contributed by atoms with Crippen LogP contribution in [0.25, 0.3) is 0 Å². The second-order valence-corrected chi connectivity index (χ2v) is 10.5. The van der Waals surface area contributed by atoms with Gasteiger partial charge in [0.05, 0.1) is 12.2 Å². The van der Waals surface area contributed by atoms with Gasteiger partial charge in [-0.2, -0.15) is 0 Å². The van der Waals surface area contributed by atoms with Gasteiger partial charge < -0.3 is 4.90 Å². The molecule has 1 atom stereocenters. The molecule has 2 amide bonds. The van der Waals surface area contributed by atoms with E-state index in [4.69, 9.17) is 11.6 Å². The molecule has 32 heavy (non-hydrogen) atoms. The third-order valence-electron chi connectivity index (χ3n) is 6.08. The van der Waals surface area contributed by atoms with Gasteiger partial charge in [0, 0.05) is 16.3 Å². The molecule has 1 saturated heterocycles. The summed E-state index contributed by atoms with van der Waals surface area (Å²) in [4.78, 5) is 27.5. The van der Waals surface area contributed by atoms with Crippen molar-refractivity contribution in [3.63, 3.8) is 0 Å². The summed E-state index contributed by atoms with van der Waals surface area (Å²) in [5.41, 5.74) is 2.90. The van der Waals surface area contributed by atoms with Crippen molar-refractivity contribution in [2.45, 2.75) is 18.3 Å². The average Bonchev–Trinajstić information content (AvgIpc) is 3.12. The van der Waals surface area contributed by atoms with Gasteiger partial charge in [-0.05, 0) is 42.3 Å². The van der Waals surface area contributed by atoms with E-state index in [2.05, 4.69) is 0 Å². The lowest BCUT2D eigenvalue weighted by Gasteiger charge is -2.32. The maximum atomic E-state index is 14.1. The Morgan fingerprint density at radius 1 is 0.969 bits per heavy atom. The number of carbonyl (C=O) groups excluding carboxylic acids is 2. The van der Waals surface area contributed by atoms with Gasteiger partial charge in [-0.3, -0.25) is 14.5 Å². The minimum atomic E-state index is -4.20. The fourth-order valence-corrected chi connectivity index (χ4v) is 6.84. The number of nitrogens with zero attached hydrogens (tertiary/aromatic N) is 2. The van der Waals surface area contributed by atoms with Gasteiger partial charge in [-0.1, -0.05) is 60.1 Å². The number of halogens is 1. The van der Waals surface area contributed by atoms with Gasteiger partial charge >= 0.3 is 0 Å². The van der Waals surface area contributed by atoms with Gasteiger partial charge in [0.2, 0.25) is 5.91 Å². The van der Waals surface area contributed by atoms with Gasteiger partial charge in [0.25, 0.3) is 10.8 Å². The highest BCUT2D eigenvalue weighted by Crippen LogP contribution is 2.53. The lowest BCUT2D eigenvalue weighted by atomic mass is 10.0. The third-order valence-corrected chi connectivity index (χ3v) is 8.42. The number of hydrogen-bond acceptors (Lipinski definition) is 4. The van der Waals surface area contributed by atoms with Crippen molar-refractivity contribution in [1.82, 2.24) is 0 Å². The number of hydrogen-bond donors (Lipinski definition) is 0. The highest BCUT2D eigenvalue weighted by molar-refractivity contribution is 7.94. The zero-order chi connectivity index (χ0) is 22.7. The van der Waals surface area contributed by atoms with Crippen LogP contribution in [0.3, 0.4) is 0 Å². The Morgan fingerprint density at radius 3 is 2.44 bits per heavy atom. The van der Waals surface area contributed by atoms with Crippen LogP contribution in [0.2, 0.25) is 5.02 Å². The van der Waals surface area contributed by atoms with Gasteiger partial charge in [0.1, 0.15) is 5.75 Å². The van der Waals surface area contributed by atoms with E-state index in [1.54, 1.807) is 42.5 Å². The summed E-state index contributed by atoms with van der Waals surface area (Å²) in [6.45, 7) is 2.13. The molecule has 8 heteroatoms. The molecule has 1 spiro atoms. The first-order valence-corrected chi connectivity index (χ1v) is 12.1. The molecule has 2 heterocycles. The summed E-state index contributed by atoms with van der Waals surface area (Å²) in [6, 6.07) is 20.7. The molecule has 2 aliphatic rings. The zero-order valence-electron chi connectivity index (χ0n) is 17.2. The van der Waals surface area contributed by atoms with Crippen LogP contribution in [0, 0.1) is 6.92 Å². The molecule has 3 aromatic rings. The summed E-state index contributed by atoms with van der Waals surface area (Å²) in [5, 5.41) is 0.338. The van der Waals surface area contributed by atoms with Crippen molar-refractivity contribution in [1.29, 1.82) is 0 Å². The first-order chi connectivity index (χ1) is 15.3. The number of rotatable bonds is 3. The summed E-state index contributed by atoms with van der Waals surface area (Å²) in [6.07, 6.45) is 0. The molecule has 3 aromatic carbocycles. The van der Waals surface area contributed by atoms with E-state index in [9.17, 15) is 18.0 Å². The molecular formula is C24H19ClN2O4S. The van der Waals surface area contributed by atoms with Crippen LogP contribution in [0.15, 0.2) is 72.8 Å². The minimum absolute atomic E-state index is 0.192. The molecule has 6 nitrogen and oxygen atoms in total. The predicted molar refractivity (Wildman–Crippen MR) is 123 cm³/mol. The first kappa shape index (κ1) is 20.7. The molecular weight excluding hydrogens is 448 g/mol. The molecule has 0 N–H and O–H groups in total. The fraction of sp³-hybridized carbons (Fsp3) is 0.167. The lowest BCUT2D eigenvalue weighted by Crippen LogP contribution is -2.54. The fourth-order valence-electron chi connectivity index (χ4n) is 4.62. The number of amides is 2. The molecule has 0 bridgehead atoms. The molecule has 0 saturated carbocycles. The van der Waals surface area contributed by atoms with E-state index in [-0.39, 0.29) is 17.8 Å². The quantitative estimate of drug-likeness (QED) is 0.588. The lowest BCUT2D eigenvalue weighted by molar-refractivity contribution is -0.123. The van der Waals surface area contributed by atoms with Crippen LogP contribution in [0.1, 0.15) is 16.7 Å². The van der Waals surface area contributed by atoms with E-state index < -0.39 is 32.3 Å². The second kappa shape index (κ2) is 7.18. The van der Waals surface area contributed by atoms with E-state index in [1.807, 2.05) is 31.2 Å². The number of aryl methyl sites for hydroxylation is 1. The number of carbonyl (C=O) groups is 2. The van der Waals surface area contributed by atoms with E-state index in [0.717, 1.165) is 16.0 Å². The van der Waals surface area contributed by atoms with Crippen molar-refractivity contribution in [3.8, 4) is 0 Å². The molecule has 1 fully saturated rings. The molecule has 5 rings (SSSR count). The standard InChI is InChI=1S/C24H19ClN2O4S/c1-16-7-2-3-8-17(16)14-26-21-12-5-4-11-20(21)24(23(26)29)27(22(28)15-32(24,30)31)19-10-6-9-18(25)13-19/h2-13H,14-15H2,1H3. The summed E-state index contributed by atoms with van der Waals surface area (Å²) < 4.78 is 27.1. The van der Waals surface area contributed by atoms with E-state index in [0.29, 0.717) is 10.7 Å². The topological polar surface area (TPSA) is 74.8 Å².